The number of aromatic nitrogens is 3. The van der Waals surface area contributed by atoms with Crippen LogP contribution in [0.5, 0.6) is 0 Å². The van der Waals surface area contributed by atoms with E-state index in [1.807, 2.05) is 55.6 Å². The van der Waals surface area contributed by atoms with E-state index >= 15 is 0 Å². The first-order chi connectivity index (χ1) is 12.5. The van der Waals surface area contributed by atoms with Crippen LogP contribution in [0.2, 0.25) is 0 Å². The van der Waals surface area contributed by atoms with Crippen LogP contribution in [-0.2, 0) is 6.54 Å². The zero-order valence-corrected chi connectivity index (χ0v) is 16.1. The Hall–Kier alpha value is -2.80. The second-order valence-electron chi connectivity index (χ2n) is 6.24. The molecule has 0 N–H and O–H groups in total. The van der Waals surface area contributed by atoms with E-state index in [1.165, 1.54) is 0 Å². The van der Waals surface area contributed by atoms with Gasteiger partial charge in [-0.3, -0.25) is 9.78 Å². The number of amides is 1. The molecule has 0 aliphatic heterocycles. The summed E-state index contributed by atoms with van der Waals surface area (Å²) in [6, 6.07) is 7.47. The molecule has 0 saturated carbocycles. The lowest BCUT2D eigenvalue weighted by atomic mass is 10.1. The Bertz CT molecular complexity index is 904. The quantitative estimate of drug-likeness (QED) is 0.693. The molecule has 0 unspecified atom stereocenters. The van der Waals surface area contributed by atoms with Gasteiger partial charge in [0.05, 0.1) is 6.54 Å². The normalized spacial score (nSPS) is 10.6. The van der Waals surface area contributed by atoms with Gasteiger partial charge in [-0.15, -0.1) is 11.3 Å². The van der Waals surface area contributed by atoms with Crippen molar-refractivity contribution >= 4 is 23.1 Å². The molecule has 26 heavy (non-hydrogen) atoms. The van der Waals surface area contributed by atoms with Gasteiger partial charge in [0, 0.05) is 55.7 Å². The highest BCUT2D eigenvalue weighted by Gasteiger charge is 2.15. The first-order valence-electron chi connectivity index (χ1n) is 8.21. The highest BCUT2D eigenvalue weighted by molar-refractivity contribution is 7.09. The van der Waals surface area contributed by atoms with E-state index in [2.05, 4.69) is 15.0 Å². The monoisotopic (exact) mass is 367 g/mol. The topological polar surface area (TPSA) is 62.2 Å². The molecule has 2 aromatic heterocycles. The highest BCUT2D eigenvalue weighted by atomic mass is 32.1. The van der Waals surface area contributed by atoms with Crippen molar-refractivity contribution in [2.45, 2.75) is 13.5 Å². The molecule has 0 fully saturated rings. The molecule has 0 aliphatic carbocycles. The first-order valence-corrected chi connectivity index (χ1v) is 9.09. The number of carbonyl (C=O) groups is 1. The summed E-state index contributed by atoms with van der Waals surface area (Å²) in [5, 5.41) is 2.93. The van der Waals surface area contributed by atoms with Gasteiger partial charge in [-0.05, 0) is 19.1 Å². The SMILES string of the molecule is Cc1csc(CN(C)C(=O)c2ccc(-c3nccnc3N(C)C)cc2)n1. The van der Waals surface area contributed by atoms with Gasteiger partial charge >= 0.3 is 0 Å². The number of thiazole rings is 1. The first kappa shape index (κ1) is 18.0. The molecule has 134 valence electrons. The maximum atomic E-state index is 12.6. The van der Waals surface area contributed by atoms with E-state index in [1.54, 1.807) is 35.7 Å². The molecule has 0 bridgehead atoms. The Labute approximate surface area is 157 Å². The third kappa shape index (κ3) is 3.88. The zero-order chi connectivity index (χ0) is 18.7. The van der Waals surface area contributed by atoms with Crippen LogP contribution < -0.4 is 4.90 Å². The van der Waals surface area contributed by atoms with Crippen molar-refractivity contribution in [3.8, 4) is 11.3 Å². The molecule has 0 aliphatic rings. The fourth-order valence-electron chi connectivity index (χ4n) is 2.60. The standard InChI is InChI=1S/C19H21N5OS/c1-13-12-26-16(22-13)11-24(4)19(25)15-7-5-14(6-8-15)17-18(23(2)3)21-10-9-20-17/h5-10,12H,11H2,1-4H3. The van der Waals surface area contributed by atoms with Gasteiger partial charge in [0.25, 0.3) is 5.91 Å². The largest absolute Gasteiger partial charge is 0.361 e. The smallest absolute Gasteiger partial charge is 0.253 e. The summed E-state index contributed by atoms with van der Waals surface area (Å²) in [6.07, 6.45) is 3.34. The average molecular weight is 367 g/mol. The van der Waals surface area contributed by atoms with Crippen LogP contribution >= 0.6 is 11.3 Å². The Morgan fingerprint density at radius 2 is 1.77 bits per heavy atom. The van der Waals surface area contributed by atoms with Crippen molar-refractivity contribution in [2.24, 2.45) is 0 Å². The van der Waals surface area contributed by atoms with Crippen molar-refractivity contribution in [3.05, 3.63) is 58.3 Å². The van der Waals surface area contributed by atoms with E-state index in [4.69, 9.17) is 0 Å². The van der Waals surface area contributed by atoms with Gasteiger partial charge in [-0.2, -0.15) is 0 Å². The maximum Gasteiger partial charge on any atom is 0.253 e. The highest BCUT2D eigenvalue weighted by Crippen LogP contribution is 2.25. The van der Waals surface area contributed by atoms with Gasteiger partial charge in [0.1, 0.15) is 10.7 Å². The molecule has 3 rings (SSSR count). The molecule has 2 heterocycles. The average Bonchev–Trinajstić information content (AvgIpc) is 3.06. The minimum atomic E-state index is -0.0311. The van der Waals surface area contributed by atoms with Crippen molar-refractivity contribution < 1.29 is 4.79 Å². The Kier molecular flexibility index (Phi) is 5.27. The summed E-state index contributed by atoms with van der Waals surface area (Å²) >= 11 is 1.57. The van der Waals surface area contributed by atoms with Gasteiger partial charge in [0.15, 0.2) is 5.82 Å². The molecular formula is C19H21N5OS. The molecule has 7 heteroatoms. The predicted molar refractivity (Wildman–Crippen MR) is 104 cm³/mol. The zero-order valence-electron chi connectivity index (χ0n) is 15.3. The lowest BCUT2D eigenvalue weighted by Gasteiger charge is -2.17. The molecule has 0 spiro atoms. The van der Waals surface area contributed by atoms with E-state index in [0.717, 1.165) is 27.8 Å². The predicted octanol–water partition coefficient (Wildman–Crippen LogP) is 3.25. The number of rotatable bonds is 5. The second kappa shape index (κ2) is 7.61. The molecular weight excluding hydrogens is 346 g/mol. The summed E-state index contributed by atoms with van der Waals surface area (Å²) < 4.78 is 0. The summed E-state index contributed by atoms with van der Waals surface area (Å²) in [5.74, 6) is 0.763. The lowest BCUT2D eigenvalue weighted by molar-refractivity contribution is 0.0785. The van der Waals surface area contributed by atoms with Crippen LogP contribution in [0.25, 0.3) is 11.3 Å². The van der Waals surface area contributed by atoms with Crippen LogP contribution in [0, 0.1) is 6.92 Å². The van der Waals surface area contributed by atoms with Gasteiger partial charge < -0.3 is 9.80 Å². The molecule has 0 atom stereocenters. The van der Waals surface area contributed by atoms with Crippen LogP contribution in [0.4, 0.5) is 5.82 Å². The Balaban J connectivity index is 1.78. The number of hydrogen-bond acceptors (Lipinski definition) is 6. The summed E-state index contributed by atoms with van der Waals surface area (Å²) in [7, 11) is 5.65. The number of anilines is 1. The van der Waals surface area contributed by atoms with Gasteiger partial charge in [-0.25, -0.2) is 9.97 Å². The van der Waals surface area contributed by atoms with Crippen molar-refractivity contribution in [1.82, 2.24) is 19.9 Å². The van der Waals surface area contributed by atoms with Crippen LogP contribution in [0.15, 0.2) is 42.0 Å². The third-order valence-corrected chi connectivity index (χ3v) is 4.84. The third-order valence-electron chi connectivity index (χ3n) is 3.89. The van der Waals surface area contributed by atoms with Crippen molar-refractivity contribution in [1.29, 1.82) is 0 Å². The van der Waals surface area contributed by atoms with E-state index in [9.17, 15) is 4.79 Å². The lowest BCUT2D eigenvalue weighted by Crippen LogP contribution is -2.26. The van der Waals surface area contributed by atoms with Crippen molar-refractivity contribution in [2.75, 3.05) is 26.0 Å². The molecule has 1 aromatic carbocycles. The molecule has 3 aromatic rings. The van der Waals surface area contributed by atoms with Crippen LogP contribution in [0.1, 0.15) is 21.1 Å². The van der Waals surface area contributed by atoms with Crippen LogP contribution in [0.3, 0.4) is 0 Å². The van der Waals surface area contributed by atoms with E-state index < -0.39 is 0 Å². The van der Waals surface area contributed by atoms with E-state index in [0.29, 0.717) is 12.1 Å². The van der Waals surface area contributed by atoms with Crippen LogP contribution in [-0.4, -0.2) is 46.9 Å². The fraction of sp³-hybridized carbons (Fsp3) is 0.263. The number of carbonyl (C=O) groups excluding carboxylic acids is 1. The minimum Gasteiger partial charge on any atom is -0.361 e. The van der Waals surface area contributed by atoms with Crippen molar-refractivity contribution in [3.63, 3.8) is 0 Å². The summed E-state index contributed by atoms with van der Waals surface area (Å²) in [6.45, 7) is 2.46. The number of aryl methyl sites for hydroxylation is 1. The number of nitrogens with zero attached hydrogens (tertiary/aromatic N) is 5. The summed E-state index contributed by atoms with van der Waals surface area (Å²) in [5.41, 5.74) is 3.34. The molecule has 1 amide bonds. The Morgan fingerprint density at radius 3 is 2.38 bits per heavy atom. The minimum absolute atomic E-state index is 0.0311. The number of benzene rings is 1. The maximum absolute atomic E-state index is 12.6. The number of hydrogen-bond donors (Lipinski definition) is 0. The molecule has 6 nitrogen and oxygen atoms in total. The summed E-state index contributed by atoms with van der Waals surface area (Å²) in [4.78, 5) is 29.5. The second-order valence-corrected chi connectivity index (χ2v) is 7.19. The fourth-order valence-corrected chi connectivity index (χ4v) is 3.43. The van der Waals surface area contributed by atoms with Gasteiger partial charge in [-0.1, -0.05) is 12.1 Å². The Morgan fingerprint density at radius 1 is 1.08 bits per heavy atom. The van der Waals surface area contributed by atoms with Gasteiger partial charge in [0.2, 0.25) is 0 Å². The molecule has 0 radical (unpaired) electrons. The van der Waals surface area contributed by atoms with E-state index in [-0.39, 0.29) is 5.91 Å². The molecule has 0 saturated heterocycles.